The van der Waals surface area contributed by atoms with Gasteiger partial charge in [-0.25, -0.2) is 9.97 Å². The number of fused-ring (bicyclic) bond motifs is 1. The maximum absolute atomic E-state index is 5.96. The van der Waals surface area contributed by atoms with Crippen LogP contribution in [0.4, 0.5) is 10.9 Å². The van der Waals surface area contributed by atoms with Gasteiger partial charge in [0.15, 0.2) is 5.13 Å². The van der Waals surface area contributed by atoms with Crippen LogP contribution in [0.15, 0.2) is 36.5 Å². The molecule has 1 saturated carbocycles. The Balaban J connectivity index is 1.43. The van der Waals surface area contributed by atoms with Gasteiger partial charge in [-0.2, -0.15) is 0 Å². The van der Waals surface area contributed by atoms with E-state index in [1.807, 2.05) is 31.3 Å². The lowest BCUT2D eigenvalue weighted by atomic mass is 9.96. The second-order valence-electron chi connectivity index (χ2n) is 6.72. The van der Waals surface area contributed by atoms with Crippen molar-refractivity contribution in [3.63, 3.8) is 0 Å². The second-order valence-corrected chi connectivity index (χ2v) is 7.75. The average Bonchev–Trinajstić information content (AvgIpc) is 3.08. The molecule has 0 amide bonds. The fourth-order valence-corrected chi connectivity index (χ4v) is 4.32. The van der Waals surface area contributed by atoms with E-state index >= 15 is 0 Å². The molecule has 4 rings (SSSR count). The average molecular weight is 369 g/mol. The summed E-state index contributed by atoms with van der Waals surface area (Å²) in [5.41, 5.74) is 2.12. The predicted octanol–water partition coefficient (Wildman–Crippen LogP) is 5.06. The van der Waals surface area contributed by atoms with E-state index in [-0.39, 0.29) is 0 Å². The van der Waals surface area contributed by atoms with Crippen LogP contribution in [-0.2, 0) is 6.61 Å². The highest BCUT2D eigenvalue weighted by atomic mass is 32.1. The van der Waals surface area contributed by atoms with Crippen LogP contribution in [0, 0.1) is 0 Å². The van der Waals surface area contributed by atoms with E-state index in [2.05, 4.69) is 21.7 Å². The number of anilines is 2. The van der Waals surface area contributed by atoms with Crippen LogP contribution < -0.4 is 15.4 Å². The largest absolute Gasteiger partial charge is 0.489 e. The third-order valence-corrected chi connectivity index (χ3v) is 5.73. The fraction of sp³-hybridized carbons (Fsp3) is 0.400. The van der Waals surface area contributed by atoms with Crippen molar-refractivity contribution in [1.82, 2.24) is 9.97 Å². The molecule has 2 heterocycles. The molecule has 26 heavy (non-hydrogen) atoms. The molecule has 0 radical (unpaired) electrons. The molecule has 0 atom stereocenters. The minimum Gasteiger partial charge on any atom is -0.489 e. The van der Waals surface area contributed by atoms with Crippen molar-refractivity contribution >= 4 is 32.5 Å². The first-order chi connectivity index (χ1) is 12.8. The van der Waals surface area contributed by atoms with Gasteiger partial charge in [-0.3, -0.25) is 0 Å². The number of rotatable bonds is 6. The molecule has 136 valence electrons. The summed E-state index contributed by atoms with van der Waals surface area (Å²) in [5.74, 6) is 1.72. The van der Waals surface area contributed by atoms with Crippen LogP contribution in [0.2, 0.25) is 0 Å². The monoisotopic (exact) mass is 368 g/mol. The van der Waals surface area contributed by atoms with Crippen LogP contribution in [0.1, 0.15) is 37.7 Å². The van der Waals surface area contributed by atoms with Gasteiger partial charge >= 0.3 is 0 Å². The number of aromatic nitrogens is 2. The number of pyridine rings is 1. The van der Waals surface area contributed by atoms with E-state index < -0.39 is 0 Å². The Morgan fingerprint density at radius 2 is 2.04 bits per heavy atom. The first-order valence-electron chi connectivity index (χ1n) is 9.23. The molecule has 2 N–H and O–H groups in total. The highest BCUT2D eigenvalue weighted by molar-refractivity contribution is 7.22. The smallest absolute Gasteiger partial charge is 0.184 e. The molecule has 6 heteroatoms. The topological polar surface area (TPSA) is 59.1 Å². The van der Waals surface area contributed by atoms with Crippen molar-refractivity contribution in [1.29, 1.82) is 0 Å². The number of nitrogens with one attached hydrogen (secondary N) is 2. The summed E-state index contributed by atoms with van der Waals surface area (Å²) < 4.78 is 7.12. The SMILES string of the molecule is CNc1cc(COc2ccc3nc(NC4CCCCC4)sc3c2)ccn1. The lowest BCUT2D eigenvalue weighted by molar-refractivity contribution is 0.306. The fourth-order valence-electron chi connectivity index (χ4n) is 3.35. The van der Waals surface area contributed by atoms with Crippen molar-refractivity contribution < 1.29 is 4.74 Å². The first-order valence-corrected chi connectivity index (χ1v) is 10.0. The van der Waals surface area contributed by atoms with Gasteiger partial charge in [0.2, 0.25) is 0 Å². The number of benzene rings is 1. The third-order valence-electron chi connectivity index (χ3n) is 4.78. The van der Waals surface area contributed by atoms with Crippen LogP contribution >= 0.6 is 11.3 Å². The van der Waals surface area contributed by atoms with E-state index in [4.69, 9.17) is 9.72 Å². The number of hydrogen-bond donors (Lipinski definition) is 2. The molecule has 1 aliphatic carbocycles. The molecule has 5 nitrogen and oxygen atoms in total. The summed E-state index contributed by atoms with van der Waals surface area (Å²) >= 11 is 1.71. The molecule has 0 aliphatic heterocycles. The van der Waals surface area contributed by atoms with Crippen molar-refractivity contribution in [3.8, 4) is 5.75 Å². The van der Waals surface area contributed by atoms with Gasteiger partial charge in [0, 0.05) is 19.3 Å². The normalized spacial score (nSPS) is 15.1. The van der Waals surface area contributed by atoms with Crippen LogP contribution in [-0.4, -0.2) is 23.1 Å². The summed E-state index contributed by atoms with van der Waals surface area (Å²) in [6.07, 6.45) is 8.32. The highest BCUT2D eigenvalue weighted by Gasteiger charge is 2.15. The van der Waals surface area contributed by atoms with Gasteiger partial charge in [-0.15, -0.1) is 0 Å². The van der Waals surface area contributed by atoms with Crippen molar-refractivity contribution in [2.24, 2.45) is 0 Å². The Bertz CT molecular complexity index is 873. The van der Waals surface area contributed by atoms with E-state index in [9.17, 15) is 0 Å². The molecular weight excluding hydrogens is 344 g/mol. The molecule has 0 unspecified atom stereocenters. The zero-order valence-electron chi connectivity index (χ0n) is 15.0. The lowest BCUT2D eigenvalue weighted by Gasteiger charge is -2.22. The van der Waals surface area contributed by atoms with E-state index in [1.165, 1.54) is 32.1 Å². The number of nitrogens with zero attached hydrogens (tertiary/aromatic N) is 2. The number of ether oxygens (including phenoxy) is 1. The standard InChI is InChI=1S/C20H24N4OS/c1-21-19-11-14(9-10-22-19)13-25-16-7-8-17-18(12-16)26-20(24-17)23-15-5-3-2-4-6-15/h7-12,15H,2-6,13H2,1H3,(H,21,22)(H,23,24). The quantitative estimate of drug-likeness (QED) is 0.637. The maximum Gasteiger partial charge on any atom is 0.184 e. The summed E-state index contributed by atoms with van der Waals surface area (Å²) in [6.45, 7) is 0.523. The van der Waals surface area contributed by atoms with Gasteiger partial charge < -0.3 is 15.4 Å². The summed E-state index contributed by atoms with van der Waals surface area (Å²) in [7, 11) is 1.86. The minimum atomic E-state index is 0.523. The molecule has 1 fully saturated rings. The van der Waals surface area contributed by atoms with Gasteiger partial charge in [0.05, 0.1) is 10.2 Å². The van der Waals surface area contributed by atoms with Crippen molar-refractivity contribution in [3.05, 3.63) is 42.1 Å². The Kier molecular flexibility index (Phi) is 5.20. The Morgan fingerprint density at radius 1 is 1.15 bits per heavy atom. The summed E-state index contributed by atoms with van der Waals surface area (Å²) in [4.78, 5) is 8.95. The van der Waals surface area contributed by atoms with Gasteiger partial charge in [0.25, 0.3) is 0 Å². The molecule has 0 spiro atoms. The molecule has 3 aromatic rings. The van der Waals surface area contributed by atoms with Gasteiger partial charge in [-0.05, 0) is 48.7 Å². The molecule has 0 saturated heterocycles. The summed E-state index contributed by atoms with van der Waals surface area (Å²) in [6, 6.07) is 10.7. The van der Waals surface area contributed by atoms with Crippen LogP contribution in [0.5, 0.6) is 5.75 Å². The zero-order chi connectivity index (χ0) is 17.8. The Labute approximate surface area is 157 Å². The van der Waals surface area contributed by atoms with Crippen LogP contribution in [0.3, 0.4) is 0 Å². The second kappa shape index (κ2) is 7.91. The minimum absolute atomic E-state index is 0.523. The third kappa shape index (κ3) is 4.07. The van der Waals surface area contributed by atoms with Crippen molar-refractivity contribution in [2.45, 2.75) is 44.8 Å². The Hall–Kier alpha value is -2.34. The number of hydrogen-bond acceptors (Lipinski definition) is 6. The molecule has 0 bridgehead atoms. The Morgan fingerprint density at radius 3 is 2.88 bits per heavy atom. The molecule has 1 aliphatic rings. The molecule has 1 aromatic carbocycles. The maximum atomic E-state index is 5.96. The van der Waals surface area contributed by atoms with Gasteiger partial charge in [-0.1, -0.05) is 30.6 Å². The molecule has 2 aromatic heterocycles. The van der Waals surface area contributed by atoms with Gasteiger partial charge in [0.1, 0.15) is 18.2 Å². The number of thiazole rings is 1. The van der Waals surface area contributed by atoms with E-state index in [0.717, 1.165) is 32.5 Å². The molecular formula is C20H24N4OS. The first kappa shape index (κ1) is 17.1. The van der Waals surface area contributed by atoms with Crippen molar-refractivity contribution in [2.75, 3.05) is 17.7 Å². The van der Waals surface area contributed by atoms with E-state index in [0.29, 0.717) is 12.6 Å². The highest BCUT2D eigenvalue weighted by Crippen LogP contribution is 2.31. The zero-order valence-corrected chi connectivity index (χ0v) is 15.8. The summed E-state index contributed by atoms with van der Waals surface area (Å²) in [5, 5.41) is 7.68. The van der Waals surface area contributed by atoms with Crippen LogP contribution in [0.25, 0.3) is 10.2 Å². The van der Waals surface area contributed by atoms with E-state index in [1.54, 1.807) is 17.5 Å². The predicted molar refractivity (Wildman–Crippen MR) is 108 cm³/mol. The lowest BCUT2D eigenvalue weighted by Crippen LogP contribution is -2.21.